The van der Waals surface area contributed by atoms with E-state index in [1.807, 2.05) is 26.0 Å². The van der Waals surface area contributed by atoms with Crippen molar-refractivity contribution in [2.24, 2.45) is 5.92 Å². The van der Waals surface area contributed by atoms with Gasteiger partial charge in [-0.2, -0.15) is 0 Å². The third-order valence-electron chi connectivity index (χ3n) is 4.51. The fraction of sp³-hybridized carbons (Fsp3) is 0.588. The Bertz CT molecular complexity index is 635. The van der Waals surface area contributed by atoms with Crippen molar-refractivity contribution in [1.29, 1.82) is 0 Å². The highest BCUT2D eigenvalue weighted by atomic mass is 35.5. The van der Waals surface area contributed by atoms with Crippen LogP contribution in [0.3, 0.4) is 0 Å². The molecule has 0 N–H and O–H groups in total. The highest BCUT2D eigenvalue weighted by Crippen LogP contribution is 2.41. The summed E-state index contributed by atoms with van der Waals surface area (Å²) >= 11 is 6.41. The van der Waals surface area contributed by atoms with E-state index >= 15 is 0 Å². The Balaban J connectivity index is 2.20. The number of ether oxygens (including phenoxy) is 1. The maximum Gasteiger partial charge on any atom is 0.147 e. The van der Waals surface area contributed by atoms with Crippen LogP contribution in [0.2, 0.25) is 0 Å². The molecule has 1 aliphatic carbocycles. The first-order valence-corrected chi connectivity index (χ1v) is 8.34. The second-order valence-electron chi connectivity index (χ2n) is 5.99. The van der Waals surface area contributed by atoms with Gasteiger partial charge in [0.05, 0.1) is 17.5 Å². The molecule has 1 aromatic carbocycles. The molecule has 3 atom stereocenters. The van der Waals surface area contributed by atoms with E-state index in [1.165, 1.54) is 19.3 Å². The monoisotopic (exact) mass is 306 g/mol. The fourth-order valence-corrected chi connectivity index (χ4v) is 3.67. The van der Waals surface area contributed by atoms with E-state index in [0.29, 0.717) is 18.6 Å². The molecule has 2 aromatic rings. The van der Waals surface area contributed by atoms with Gasteiger partial charge in [-0.1, -0.05) is 19.4 Å². The predicted molar refractivity (Wildman–Crippen MR) is 87.2 cm³/mol. The molecule has 21 heavy (non-hydrogen) atoms. The lowest BCUT2D eigenvalue weighted by molar-refractivity contribution is 0.343. The predicted octanol–water partition coefficient (Wildman–Crippen LogP) is 5.10. The van der Waals surface area contributed by atoms with Crippen molar-refractivity contribution in [1.82, 2.24) is 9.55 Å². The lowest BCUT2D eigenvalue weighted by atomic mass is 10.1. The van der Waals surface area contributed by atoms with E-state index in [0.717, 1.165) is 22.6 Å². The average Bonchev–Trinajstić information content (AvgIpc) is 3.03. The molecule has 0 bridgehead atoms. The van der Waals surface area contributed by atoms with Crippen molar-refractivity contribution in [3.63, 3.8) is 0 Å². The first-order chi connectivity index (χ1) is 10.1. The molecule has 1 fully saturated rings. The molecular formula is C17H23ClN2O. The van der Waals surface area contributed by atoms with Gasteiger partial charge in [-0.25, -0.2) is 4.98 Å². The summed E-state index contributed by atoms with van der Waals surface area (Å²) in [4.78, 5) is 4.82. The Morgan fingerprint density at radius 1 is 1.43 bits per heavy atom. The Morgan fingerprint density at radius 3 is 2.86 bits per heavy atom. The molecule has 3 nitrogen and oxygen atoms in total. The molecule has 0 saturated heterocycles. The van der Waals surface area contributed by atoms with Gasteiger partial charge in [-0.05, 0) is 44.7 Å². The summed E-state index contributed by atoms with van der Waals surface area (Å²) in [7, 11) is 0. The van der Waals surface area contributed by atoms with E-state index < -0.39 is 0 Å². The summed E-state index contributed by atoms with van der Waals surface area (Å²) in [6.07, 6.45) is 3.78. The van der Waals surface area contributed by atoms with E-state index in [4.69, 9.17) is 21.3 Å². The zero-order valence-corrected chi connectivity index (χ0v) is 13.7. The van der Waals surface area contributed by atoms with E-state index in [-0.39, 0.29) is 5.38 Å². The number of aromatic nitrogens is 2. The van der Waals surface area contributed by atoms with Crippen LogP contribution < -0.4 is 4.74 Å². The van der Waals surface area contributed by atoms with Crippen LogP contribution in [0.15, 0.2) is 18.2 Å². The summed E-state index contributed by atoms with van der Waals surface area (Å²) in [6, 6.07) is 6.68. The number of rotatable bonds is 4. The number of imidazole rings is 1. The SMILES string of the molecule is CCOc1cccc2c1nc(C(C)Cl)n2C1CCCC1C. The van der Waals surface area contributed by atoms with Crippen molar-refractivity contribution in [2.45, 2.75) is 51.5 Å². The number of fused-ring (bicyclic) bond motifs is 1. The molecule has 1 aromatic heterocycles. The first kappa shape index (κ1) is 14.7. The first-order valence-electron chi connectivity index (χ1n) is 7.91. The van der Waals surface area contributed by atoms with Gasteiger partial charge in [0.25, 0.3) is 0 Å². The summed E-state index contributed by atoms with van der Waals surface area (Å²) < 4.78 is 8.11. The molecule has 1 heterocycles. The minimum Gasteiger partial charge on any atom is -0.492 e. The molecule has 0 spiro atoms. The number of hydrogen-bond donors (Lipinski definition) is 0. The number of hydrogen-bond acceptors (Lipinski definition) is 2. The molecule has 0 radical (unpaired) electrons. The Labute approximate surface area is 131 Å². The van der Waals surface area contributed by atoms with Crippen LogP contribution in [0.1, 0.15) is 57.3 Å². The molecule has 114 valence electrons. The highest BCUT2D eigenvalue weighted by molar-refractivity contribution is 6.20. The molecule has 1 aliphatic rings. The number of halogens is 1. The smallest absolute Gasteiger partial charge is 0.147 e. The van der Waals surface area contributed by atoms with Crippen LogP contribution in [-0.2, 0) is 0 Å². The maximum absolute atomic E-state index is 6.41. The zero-order valence-electron chi connectivity index (χ0n) is 13.0. The largest absolute Gasteiger partial charge is 0.492 e. The minimum atomic E-state index is -0.0975. The van der Waals surface area contributed by atoms with Crippen LogP contribution in [0, 0.1) is 5.92 Å². The number of nitrogens with zero attached hydrogens (tertiary/aromatic N) is 2. The topological polar surface area (TPSA) is 27.1 Å². The molecule has 3 unspecified atom stereocenters. The van der Waals surface area contributed by atoms with Gasteiger partial charge in [0, 0.05) is 6.04 Å². The quantitative estimate of drug-likeness (QED) is 0.735. The van der Waals surface area contributed by atoms with Crippen molar-refractivity contribution in [2.75, 3.05) is 6.61 Å². The third-order valence-corrected chi connectivity index (χ3v) is 4.71. The Morgan fingerprint density at radius 2 is 2.24 bits per heavy atom. The van der Waals surface area contributed by atoms with Crippen LogP contribution >= 0.6 is 11.6 Å². The highest BCUT2D eigenvalue weighted by Gasteiger charge is 2.30. The summed E-state index contributed by atoms with van der Waals surface area (Å²) in [5, 5.41) is -0.0975. The Hall–Kier alpha value is -1.22. The van der Waals surface area contributed by atoms with Crippen molar-refractivity contribution < 1.29 is 4.74 Å². The lowest BCUT2D eigenvalue weighted by Gasteiger charge is -2.21. The third kappa shape index (κ3) is 2.52. The molecule has 0 aliphatic heterocycles. The van der Waals surface area contributed by atoms with Gasteiger partial charge in [0.15, 0.2) is 0 Å². The van der Waals surface area contributed by atoms with Crippen LogP contribution in [0.25, 0.3) is 11.0 Å². The fourth-order valence-electron chi connectivity index (χ4n) is 3.52. The molecule has 4 heteroatoms. The molecule has 1 saturated carbocycles. The summed E-state index contributed by atoms with van der Waals surface area (Å²) in [5.74, 6) is 2.50. The zero-order chi connectivity index (χ0) is 15.0. The van der Waals surface area contributed by atoms with Gasteiger partial charge in [0.1, 0.15) is 17.1 Å². The van der Waals surface area contributed by atoms with Gasteiger partial charge >= 0.3 is 0 Å². The van der Waals surface area contributed by atoms with Gasteiger partial charge in [-0.3, -0.25) is 0 Å². The second-order valence-corrected chi connectivity index (χ2v) is 6.64. The standard InChI is InChI=1S/C17H23ClN2O/c1-4-21-15-10-6-9-14-16(15)19-17(12(3)18)20(14)13-8-5-7-11(13)2/h6,9-13H,4-5,7-8H2,1-3H3. The second kappa shape index (κ2) is 5.88. The van der Waals surface area contributed by atoms with E-state index in [9.17, 15) is 0 Å². The number of benzene rings is 1. The van der Waals surface area contributed by atoms with Crippen molar-refractivity contribution in [3.8, 4) is 5.75 Å². The number of alkyl halides is 1. The van der Waals surface area contributed by atoms with E-state index in [2.05, 4.69) is 17.6 Å². The van der Waals surface area contributed by atoms with Crippen molar-refractivity contribution in [3.05, 3.63) is 24.0 Å². The maximum atomic E-state index is 6.41. The normalized spacial score (nSPS) is 23.6. The van der Waals surface area contributed by atoms with Crippen LogP contribution in [0.4, 0.5) is 0 Å². The van der Waals surface area contributed by atoms with E-state index in [1.54, 1.807) is 0 Å². The van der Waals surface area contributed by atoms with Gasteiger partial charge < -0.3 is 9.30 Å². The van der Waals surface area contributed by atoms with Crippen LogP contribution in [0.5, 0.6) is 5.75 Å². The minimum absolute atomic E-state index is 0.0975. The van der Waals surface area contributed by atoms with Gasteiger partial charge in [0.2, 0.25) is 0 Å². The van der Waals surface area contributed by atoms with Crippen LogP contribution in [-0.4, -0.2) is 16.2 Å². The van der Waals surface area contributed by atoms with Crippen molar-refractivity contribution >= 4 is 22.6 Å². The Kier molecular flexibility index (Phi) is 4.12. The molecule has 0 amide bonds. The molecule has 3 rings (SSSR count). The summed E-state index contributed by atoms with van der Waals surface area (Å²) in [5.41, 5.74) is 2.10. The average molecular weight is 307 g/mol. The summed E-state index contributed by atoms with van der Waals surface area (Å²) in [6.45, 7) is 6.98. The molecular weight excluding hydrogens is 284 g/mol. The number of para-hydroxylation sites is 1. The lowest BCUT2D eigenvalue weighted by Crippen LogP contribution is -2.15. The van der Waals surface area contributed by atoms with Gasteiger partial charge in [-0.15, -0.1) is 11.6 Å².